The first-order chi connectivity index (χ1) is 12.6. The summed E-state index contributed by atoms with van der Waals surface area (Å²) in [5.41, 5.74) is 1.11. The Bertz CT molecular complexity index is 969. The molecule has 6 heteroatoms. The number of fused-ring (bicyclic) bond motifs is 1. The molecule has 3 rings (SSSR count). The number of nitrogens with one attached hydrogen (secondary N) is 1. The van der Waals surface area contributed by atoms with Gasteiger partial charge in [-0.05, 0) is 22.9 Å². The van der Waals surface area contributed by atoms with E-state index in [-0.39, 0.29) is 17.9 Å². The molecule has 0 heterocycles. The van der Waals surface area contributed by atoms with E-state index < -0.39 is 4.92 Å². The fourth-order valence-electron chi connectivity index (χ4n) is 2.77. The van der Waals surface area contributed by atoms with Gasteiger partial charge in [0.2, 0.25) is 0 Å². The van der Waals surface area contributed by atoms with Gasteiger partial charge in [0.1, 0.15) is 5.75 Å². The van der Waals surface area contributed by atoms with Gasteiger partial charge in [0.15, 0.2) is 5.78 Å². The summed E-state index contributed by atoms with van der Waals surface area (Å²) in [7, 11) is 1.49. The molecule has 6 nitrogen and oxygen atoms in total. The second-order valence-electron chi connectivity index (χ2n) is 5.80. The zero-order valence-corrected chi connectivity index (χ0v) is 14.3. The maximum atomic E-state index is 12.4. The van der Waals surface area contributed by atoms with Crippen LogP contribution in [0, 0.1) is 10.1 Å². The molecule has 0 saturated heterocycles. The molecule has 0 bridgehead atoms. The lowest BCUT2D eigenvalue weighted by atomic mass is 10.0. The fraction of sp³-hybridized carbons (Fsp3) is 0.150. The highest BCUT2D eigenvalue weighted by atomic mass is 16.6. The summed E-state index contributed by atoms with van der Waals surface area (Å²) < 4.78 is 5.20. The van der Waals surface area contributed by atoms with Crippen LogP contribution < -0.4 is 10.1 Å². The third-order valence-corrected chi connectivity index (χ3v) is 4.13. The van der Waals surface area contributed by atoms with Gasteiger partial charge in [-0.2, -0.15) is 0 Å². The topological polar surface area (TPSA) is 81.5 Å². The molecule has 0 aromatic heterocycles. The molecule has 0 aliphatic rings. The smallest absolute Gasteiger partial charge is 0.271 e. The lowest BCUT2D eigenvalue weighted by Crippen LogP contribution is -2.10. The fourth-order valence-corrected chi connectivity index (χ4v) is 2.77. The number of nitro benzene ring substituents is 1. The number of methoxy groups -OCH3 is 1. The Kier molecular flexibility index (Phi) is 5.12. The second kappa shape index (κ2) is 7.65. The van der Waals surface area contributed by atoms with Gasteiger partial charge in [-0.3, -0.25) is 14.9 Å². The summed E-state index contributed by atoms with van der Waals surface area (Å²) in [5, 5.41) is 16.1. The molecular weight excluding hydrogens is 332 g/mol. The van der Waals surface area contributed by atoms with Crippen molar-refractivity contribution in [3.05, 3.63) is 76.3 Å². The van der Waals surface area contributed by atoms with E-state index in [9.17, 15) is 14.9 Å². The van der Waals surface area contributed by atoms with Gasteiger partial charge in [-0.15, -0.1) is 0 Å². The average molecular weight is 350 g/mol. The average Bonchev–Trinajstić information content (AvgIpc) is 2.67. The van der Waals surface area contributed by atoms with Crippen LogP contribution in [0.5, 0.6) is 5.75 Å². The van der Waals surface area contributed by atoms with E-state index in [1.807, 2.05) is 42.5 Å². The Morgan fingerprint density at radius 3 is 2.58 bits per heavy atom. The highest BCUT2D eigenvalue weighted by Gasteiger charge is 2.12. The van der Waals surface area contributed by atoms with Crippen LogP contribution in [0.1, 0.15) is 16.8 Å². The molecule has 0 saturated carbocycles. The number of ether oxygens (including phenoxy) is 1. The minimum Gasteiger partial charge on any atom is -0.495 e. The van der Waals surface area contributed by atoms with Crippen molar-refractivity contribution in [3.8, 4) is 5.75 Å². The summed E-state index contributed by atoms with van der Waals surface area (Å²) in [6.07, 6.45) is 0.268. The number of anilines is 1. The highest BCUT2D eigenvalue weighted by Crippen LogP contribution is 2.28. The van der Waals surface area contributed by atoms with Crippen molar-refractivity contribution in [2.45, 2.75) is 6.42 Å². The van der Waals surface area contributed by atoms with Crippen molar-refractivity contribution in [2.75, 3.05) is 19.0 Å². The summed E-state index contributed by atoms with van der Waals surface area (Å²) in [5.74, 6) is 0.501. The van der Waals surface area contributed by atoms with E-state index in [1.54, 1.807) is 0 Å². The standard InChI is InChI=1S/C20H18N2O4/c1-26-20-9-8-17(22(24)25)13-18(20)21-11-10-19(23)16-7-6-14-4-2-3-5-15(14)12-16/h2-9,12-13,21H,10-11H2,1H3. The zero-order chi connectivity index (χ0) is 18.5. The van der Waals surface area contributed by atoms with Gasteiger partial charge in [-0.25, -0.2) is 0 Å². The van der Waals surface area contributed by atoms with E-state index in [0.717, 1.165) is 10.8 Å². The number of rotatable bonds is 7. The maximum absolute atomic E-state index is 12.4. The Morgan fingerprint density at radius 1 is 1.08 bits per heavy atom. The van der Waals surface area contributed by atoms with Crippen LogP contribution in [0.4, 0.5) is 11.4 Å². The SMILES string of the molecule is COc1ccc([N+](=O)[O-])cc1NCCC(=O)c1ccc2ccccc2c1. The summed E-state index contributed by atoms with van der Waals surface area (Å²) >= 11 is 0. The third kappa shape index (κ3) is 3.80. The summed E-state index contributed by atoms with van der Waals surface area (Å²) in [6, 6.07) is 17.8. The minimum atomic E-state index is -0.467. The maximum Gasteiger partial charge on any atom is 0.271 e. The number of nitro groups is 1. The van der Waals surface area contributed by atoms with Crippen molar-refractivity contribution >= 4 is 27.9 Å². The van der Waals surface area contributed by atoms with E-state index in [1.165, 1.54) is 25.3 Å². The molecule has 3 aromatic carbocycles. The molecule has 0 amide bonds. The van der Waals surface area contributed by atoms with E-state index in [0.29, 0.717) is 23.5 Å². The van der Waals surface area contributed by atoms with Gasteiger partial charge < -0.3 is 10.1 Å². The number of ketones is 1. The summed E-state index contributed by atoms with van der Waals surface area (Å²) in [4.78, 5) is 22.9. The van der Waals surface area contributed by atoms with Gasteiger partial charge in [-0.1, -0.05) is 36.4 Å². The monoisotopic (exact) mass is 350 g/mol. The van der Waals surface area contributed by atoms with Crippen molar-refractivity contribution in [1.82, 2.24) is 0 Å². The molecule has 1 N–H and O–H groups in total. The molecule has 0 unspecified atom stereocenters. The molecule has 0 aliphatic heterocycles. The lowest BCUT2D eigenvalue weighted by Gasteiger charge is -2.11. The van der Waals surface area contributed by atoms with Crippen molar-refractivity contribution < 1.29 is 14.5 Å². The molecule has 0 aliphatic carbocycles. The Labute approximate surface area is 150 Å². The van der Waals surface area contributed by atoms with E-state index in [2.05, 4.69) is 5.32 Å². The number of Topliss-reactive ketones (excluding diaryl/α,β-unsaturated/α-hetero) is 1. The van der Waals surface area contributed by atoms with Crippen molar-refractivity contribution in [3.63, 3.8) is 0 Å². The predicted octanol–water partition coefficient (Wildman–Crippen LogP) is 4.44. The van der Waals surface area contributed by atoms with Crippen LogP contribution in [0.3, 0.4) is 0 Å². The number of hydrogen-bond acceptors (Lipinski definition) is 5. The molecule has 26 heavy (non-hydrogen) atoms. The largest absolute Gasteiger partial charge is 0.495 e. The molecule has 0 fully saturated rings. The van der Waals surface area contributed by atoms with Gasteiger partial charge in [0.05, 0.1) is 17.7 Å². The third-order valence-electron chi connectivity index (χ3n) is 4.13. The molecule has 132 valence electrons. The number of carbonyl (C=O) groups is 1. The highest BCUT2D eigenvalue weighted by molar-refractivity contribution is 6.00. The molecule has 0 radical (unpaired) electrons. The summed E-state index contributed by atoms with van der Waals surface area (Å²) in [6.45, 7) is 0.350. The molecule has 0 atom stereocenters. The Hall–Kier alpha value is -3.41. The van der Waals surface area contributed by atoms with Gasteiger partial charge in [0, 0.05) is 30.7 Å². The molecule has 0 spiro atoms. The predicted molar refractivity (Wildman–Crippen MR) is 101 cm³/mol. The number of nitrogens with zero attached hydrogens (tertiary/aromatic N) is 1. The van der Waals surface area contributed by atoms with E-state index >= 15 is 0 Å². The Balaban J connectivity index is 1.68. The lowest BCUT2D eigenvalue weighted by molar-refractivity contribution is -0.384. The first kappa shape index (κ1) is 17.4. The van der Waals surface area contributed by atoms with Crippen LogP contribution in [0.25, 0.3) is 10.8 Å². The second-order valence-corrected chi connectivity index (χ2v) is 5.80. The normalized spacial score (nSPS) is 10.5. The van der Waals surface area contributed by atoms with Crippen LogP contribution in [0.2, 0.25) is 0 Å². The quantitative estimate of drug-likeness (QED) is 0.387. The van der Waals surface area contributed by atoms with Crippen molar-refractivity contribution in [1.29, 1.82) is 0 Å². The van der Waals surface area contributed by atoms with Gasteiger partial charge >= 0.3 is 0 Å². The van der Waals surface area contributed by atoms with Crippen molar-refractivity contribution in [2.24, 2.45) is 0 Å². The van der Waals surface area contributed by atoms with Crippen LogP contribution in [-0.4, -0.2) is 24.4 Å². The number of hydrogen-bond donors (Lipinski definition) is 1. The number of non-ortho nitro benzene ring substituents is 1. The van der Waals surface area contributed by atoms with Crippen LogP contribution in [-0.2, 0) is 0 Å². The first-order valence-electron chi connectivity index (χ1n) is 8.17. The first-order valence-corrected chi connectivity index (χ1v) is 8.17. The minimum absolute atomic E-state index is 0.00708. The number of carbonyl (C=O) groups excluding carboxylic acids is 1. The Morgan fingerprint density at radius 2 is 1.85 bits per heavy atom. The molecular formula is C20H18N2O4. The van der Waals surface area contributed by atoms with Gasteiger partial charge in [0.25, 0.3) is 5.69 Å². The number of benzene rings is 3. The molecule has 3 aromatic rings. The van der Waals surface area contributed by atoms with E-state index in [4.69, 9.17) is 4.74 Å². The zero-order valence-electron chi connectivity index (χ0n) is 14.3. The van der Waals surface area contributed by atoms with Crippen LogP contribution in [0.15, 0.2) is 60.7 Å². The van der Waals surface area contributed by atoms with Crippen LogP contribution >= 0.6 is 0 Å².